The lowest BCUT2D eigenvalue weighted by Crippen LogP contribution is -2.13. The number of rotatable bonds is 5. The van der Waals surface area contributed by atoms with Crippen LogP contribution in [0.3, 0.4) is 0 Å². The summed E-state index contributed by atoms with van der Waals surface area (Å²) in [5.41, 5.74) is 7.17. The van der Waals surface area contributed by atoms with Gasteiger partial charge in [0.25, 0.3) is 0 Å². The van der Waals surface area contributed by atoms with Crippen LogP contribution < -0.4 is 11.2 Å². The Labute approximate surface area is 121 Å². The maximum absolute atomic E-state index is 11.5. The first-order valence-corrected chi connectivity index (χ1v) is 7.15. The predicted octanol–water partition coefficient (Wildman–Crippen LogP) is 3.22. The van der Waals surface area contributed by atoms with Crippen molar-refractivity contribution in [1.82, 2.24) is 4.57 Å². The molecular formula is C15H17BrN2O. The molecule has 1 aromatic carbocycles. The van der Waals surface area contributed by atoms with Crippen molar-refractivity contribution >= 4 is 21.6 Å². The van der Waals surface area contributed by atoms with Gasteiger partial charge >= 0.3 is 0 Å². The van der Waals surface area contributed by atoms with Crippen molar-refractivity contribution < 1.29 is 0 Å². The van der Waals surface area contributed by atoms with Gasteiger partial charge < -0.3 is 10.3 Å². The van der Waals surface area contributed by atoms with Gasteiger partial charge in [0.2, 0.25) is 5.43 Å². The van der Waals surface area contributed by atoms with Gasteiger partial charge in [-0.15, -0.1) is 0 Å². The molecule has 1 aromatic heterocycles. The number of anilines is 1. The lowest BCUT2D eigenvalue weighted by Gasteiger charge is -2.08. The van der Waals surface area contributed by atoms with Gasteiger partial charge in [0.1, 0.15) is 0 Å². The number of aryl methyl sites for hydroxylation is 2. The zero-order valence-electron chi connectivity index (χ0n) is 10.7. The normalized spacial score (nSPS) is 10.6. The van der Waals surface area contributed by atoms with Crippen LogP contribution >= 0.6 is 15.9 Å². The van der Waals surface area contributed by atoms with E-state index in [9.17, 15) is 4.79 Å². The quantitative estimate of drug-likeness (QED) is 0.860. The highest BCUT2D eigenvalue weighted by atomic mass is 79.9. The van der Waals surface area contributed by atoms with Crippen LogP contribution in [0, 0.1) is 0 Å². The molecule has 0 atom stereocenters. The molecule has 0 radical (unpaired) electrons. The zero-order valence-corrected chi connectivity index (χ0v) is 12.3. The standard InChI is InChI=1S/C15H17BrN2O/c16-13-10-18(11-14(17)15(13)19)9-5-4-8-12-6-2-1-3-7-12/h1-3,6-7,10-11H,4-5,8-9,17H2. The fourth-order valence-electron chi connectivity index (χ4n) is 2.01. The van der Waals surface area contributed by atoms with Crippen LogP contribution in [-0.2, 0) is 13.0 Å². The number of pyridine rings is 1. The van der Waals surface area contributed by atoms with Gasteiger partial charge in [-0.25, -0.2) is 0 Å². The largest absolute Gasteiger partial charge is 0.394 e. The van der Waals surface area contributed by atoms with E-state index in [-0.39, 0.29) is 11.1 Å². The molecule has 19 heavy (non-hydrogen) atoms. The monoisotopic (exact) mass is 320 g/mol. The first-order valence-electron chi connectivity index (χ1n) is 6.36. The molecular weight excluding hydrogens is 304 g/mol. The number of nitrogens with two attached hydrogens (primary N) is 1. The minimum Gasteiger partial charge on any atom is -0.394 e. The van der Waals surface area contributed by atoms with E-state index >= 15 is 0 Å². The minimum atomic E-state index is -0.138. The molecule has 2 N–H and O–H groups in total. The van der Waals surface area contributed by atoms with Crippen molar-refractivity contribution in [3.8, 4) is 0 Å². The summed E-state index contributed by atoms with van der Waals surface area (Å²) in [6.45, 7) is 0.871. The van der Waals surface area contributed by atoms with Crippen LogP contribution in [0.5, 0.6) is 0 Å². The van der Waals surface area contributed by atoms with Crippen molar-refractivity contribution in [2.24, 2.45) is 0 Å². The molecule has 3 nitrogen and oxygen atoms in total. The van der Waals surface area contributed by atoms with Crippen LogP contribution in [0.15, 0.2) is 52.0 Å². The van der Waals surface area contributed by atoms with Crippen molar-refractivity contribution in [3.05, 3.63) is 63.0 Å². The molecule has 1 heterocycles. The molecule has 2 rings (SSSR count). The zero-order chi connectivity index (χ0) is 13.7. The summed E-state index contributed by atoms with van der Waals surface area (Å²) in [5, 5.41) is 0. The highest BCUT2D eigenvalue weighted by Crippen LogP contribution is 2.09. The van der Waals surface area contributed by atoms with E-state index in [2.05, 4.69) is 40.2 Å². The summed E-state index contributed by atoms with van der Waals surface area (Å²) >= 11 is 3.23. The second-order valence-corrected chi connectivity index (χ2v) is 5.43. The molecule has 0 aliphatic rings. The summed E-state index contributed by atoms with van der Waals surface area (Å²) in [6.07, 6.45) is 6.76. The highest BCUT2D eigenvalue weighted by molar-refractivity contribution is 9.10. The average molecular weight is 321 g/mol. The van der Waals surface area contributed by atoms with E-state index in [0.717, 1.165) is 25.8 Å². The number of halogens is 1. The molecule has 0 aliphatic carbocycles. The summed E-state index contributed by atoms with van der Waals surface area (Å²) in [7, 11) is 0. The molecule has 0 saturated heterocycles. The topological polar surface area (TPSA) is 48.0 Å². The van der Waals surface area contributed by atoms with E-state index in [1.807, 2.05) is 10.6 Å². The van der Waals surface area contributed by atoms with Crippen molar-refractivity contribution in [3.63, 3.8) is 0 Å². The first kappa shape index (κ1) is 13.9. The van der Waals surface area contributed by atoms with Gasteiger partial charge in [-0.2, -0.15) is 0 Å². The van der Waals surface area contributed by atoms with Gasteiger partial charge in [0.05, 0.1) is 10.2 Å². The lowest BCUT2D eigenvalue weighted by molar-refractivity contribution is 0.605. The van der Waals surface area contributed by atoms with Gasteiger partial charge in [-0.05, 0) is 40.8 Å². The van der Waals surface area contributed by atoms with E-state index in [4.69, 9.17) is 5.73 Å². The molecule has 0 aliphatic heterocycles. The first-order chi connectivity index (χ1) is 9.16. The number of hydrogen-bond donors (Lipinski definition) is 1. The fraction of sp³-hybridized carbons (Fsp3) is 0.267. The Morgan fingerprint density at radius 2 is 1.84 bits per heavy atom. The third kappa shape index (κ3) is 3.96. The summed E-state index contributed by atoms with van der Waals surface area (Å²) < 4.78 is 2.49. The maximum Gasteiger partial charge on any atom is 0.218 e. The number of unbranched alkanes of at least 4 members (excludes halogenated alkanes) is 1. The van der Waals surface area contributed by atoms with Crippen LogP contribution in [-0.4, -0.2) is 4.57 Å². The highest BCUT2D eigenvalue weighted by Gasteiger charge is 2.02. The smallest absolute Gasteiger partial charge is 0.218 e. The number of hydrogen-bond acceptors (Lipinski definition) is 2. The molecule has 0 saturated carbocycles. The summed E-state index contributed by atoms with van der Waals surface area (Å²) in [4.78, 5) is 11.5. The third-order valence-corrected chi connectivity index (χ3v) is 3.60. The third-order valence-electron chi connectivity index (χ3n) is 3.04. The second-order valence-electron chi connectivity index (χ2n) is 4.57. The van der Waals surface area contributed by atoms with Gasteiger partial charge in [0.15, 0.2) is 0 Å². The van der Waals surface area contributed by atoms with E-state index in [0.29, 0.717) is 4.47 Å². The van der Waals surface area contributed by atoms with Crippen LogP contribution in [0.25, 0.3) is 0 Å². The van der Waals surface area contributed by atoms with Crippen molar-refractivity contribution in [2.45, 2.75) is 25.8 Å². The number of benzene rings is 1. The van der Waals surface area contributed by atoms with Crippen LogP contribution in [0.2, 0.25) is 0 Å². The Hall–Kier alpha value is -1.55. The van der Waals surface area contributed by atoms with Gasteiger partial charge in [-0.3, -0.25) is 4.79 Å². The van der Waals surface area contributed by atoms with E-state index in [1.54, 1.807) is 12.4 Å². The van der Waals surface area contributed by atoms with Crippen LogP contribution in [0.4, 0.5) is 5.69 Å². The number of nitrogens with zero attached hydrogens (tertiary/aromatic N) is 1. The van der Waals surface area contributed by atoms with Gasteiger partial charge in [-0.1, -0.05) is 30.3 Å². The lowest BCUT2D eigenvalue weighted by atomic mass is 10.1. The molecule has 100 valence electrons. The Bertz CT molecular complexity index is 567. The Kier molecular flexibility index (Phi) is 4.80. The molecule has 4 heteroatoms. The van der Waals surface area contributed by atoms with E-state index < -0.39 is 0 Å². The van der Waals surface area contributed by atoms with Gasteiger partial charge in [0, 0.05) is 18.9 Å². The summed E-state index contributed by atoms with van der Waals surface area (Å²) in [5.74, 6) is 0. The molecule has 2 aromatic rings. The van der Waals surface area contributed by atoms with E-state index in [1.165, 1.54) is 5.56 Å². The minimum absolute atomic E-state index is 0.138. The molecule has 0 spiro atoms. The Morgan fingerprint density at radius 1 is 1.11 bits per heavy atom. The number of aromatic nitrogens is 1. The molecule has 0 fully saturated rings. The van der Waals surface area contributed by atoms with Crippen molar-refractivity contribution in [1.29, 1.82) is 0 Å². The second kappa shape index (κ2) is 6.57. The molecule has 0 bridgehead atoms. The average Bonchev–Trinajstić information content (AvgIpc) is 2.42. The van der Waals surface area contributed by atoms with Crippen LogP contribution in [0.1, 0.15) is 18.4 Å². The Morgan fingerprint density at radius 3 is 2.53 bits per heavy atom. The maximum atomic E-state index is 11.5. The SMILES string of the molecule is Nc1cn(CCCCc2ccccc2)cc(Br)c1=O. The molecule has 0 unspecified atom stereocenters. The predicted molar refractivity (Wildman–Crippen MR) is 82.2 cm³/mol. The van der Waals surface area contributed by atoms with Crippen molar-refractivity contribution in [2.75, 3.05) is 5.73 Å². The summed E-state index contributed by atoms with van der Waals surface area (Å²) in [6, 6.07) is 10.5. The fourth-order valence-corrected chi connectivity index (χ4v) is 2.51. The number of nitrogen functional groups attached to an aromatic ring is 1. The molecule has 0 amide bonds. The Balaban J connectivity index is 1.85.